The van der Waals surface area contributed by atoms with E-state index in [9.17, 15) is 9.59 Å². The van der Waals surface area contributed by atoms with Crippen LogP contribution >= 0.6 is 0 Å². The molecule has 0 bridgehead atoms. The Kier molecular flexibility index (Phi) is 6.52. The predicted octanol–water partition coefficient (Wildman–Crippen LogP) is 3.58. The molecule has 1 aromatic carbocycles. The molecule has 0 spiro atoms. The summed E-state index contributed by atoms with van der Waals surface area (Å²) < 4.78 is 5.25. The van der Waals surface area contributed by atoms with E-state index in [1.807, 2.05) is 48.2 Å². The summed E-state index contributed by atoms with van der Waals surface area (Å²) >= 11 is 0. The third-order valence-electron chi connectivity index (χ3n) is 4.95. The van der Waals surface area contributed by atoms with Crippen molar-refractivity contribution in [2.24, 2.45) is 5.92 Å². The van der Waals surface area contributed by atoms with Gasteiger partial charge in [-0.3, -0.25) is 4.79 Å². The molecule has 2 N–H and O–H groups in total. The number of benzene rings is 1. The summed E-state index contributed by atoms with van der Waals surface area (Å²) in [4.78, 5) is 26.3. The smallest absolute Gasteiger partial charge is 0.321 e. The van der Waals surface area contributed by atoms with E-state index in [1.54, 1.807) is 6.26 Å². The topological polar surface area (TPSA) is 74.6 Å². The van der Waals surface area contributed by atoms with Crippen LogP contribution in [0.4, 0.5) is 10.5 Å². The van der Waals surface area contributed by atoms with Gasteiger partial charge in [0.15, 0.2) is 0 Å². The first kappa shape index (κ1) is 19.0. The number of rotatable bonds is 6. The largest absolute Gasteiger partial charge is 0.469 e. The van der Waals surface area contributed by atoms with Crippen molar-refractivity contribution in [3.8, 4) is 0 Å². The molecule has 6 heteroatoms. The lowest BCUT2D eigenvalue weighted by molar-refractivity contribution is -0.122. The van der Waals surface area contributed by atoms with E-state index in [2.05, 4.69) is 10.6 Å². The molecule has 0 aliphatic carbocycles. The summed E-state index contributed by atoms with van der Waals surface area (Å²) in [7, 11) is 0. The van der Waals surface area contributed by atoms with Gasteiger partial charge in [-0.2, -0.15) is 0 Å². The van der Waals surface area contributed by atoms with E-state index in [0.29, 0.717) is 38.4 Å². The third kappa shape index (κ3) is 5.88. The molecule has 1 aliphatic heterocycles. The third-order valence-corrected chi connectivity index (χ3v) is 4.95. The summed E-state index contributed by atoms with van der Waals surface area (Å²) in [6.45, 7) is 3.97. The summed E-state index contributed by atoms with van der Waals surface area (Å²) in [6.07, 6.45) is 4.57. The molecule has 0 radical (unpaired) electrons. The van der Waals surface area contributed by atoms with E-state index >= 15 is 0 Å². The average molecular weight is 369 g/mol. The van der Waals surface area contributed by atoms with Gasteiger partial charge in [0.05, 0.1) is 6.26 Å². The van der Waals surface area contributed by atoms with Crippen LogP contribution in [-0.2, 0) is 11.2 Å². The van der Waals surface area contributed by atoms with Gasteiger partial charge in [-0.1, -0.05) is 17.7 Å². The quantitative estimate of drug-likeness (QED) is 0.817. The highest BCUT2D eigenvalue weighted by atomic mass is 16.3. The zero-order valence-electron chi connectivity index (χ0n) is 15.7. The molecule has 0 atom stereocenters. The van der Waals surface area contributed by atoms with Crippen LogP contribution in [0, 0.1) is 12.8 Å². The SMILES string of the molecule is Cc1ccc(NC(=O)N2CCC(CC(=O)NCCc3ccco3)CC2)cc1. The number of carbonyl (C=O) groups excluding carboxylic acids is 2. The second kappa shape index (κ2) is 9.26. The van der Waals surface area contributed by atoms with E-state index in [-0.39, 0.29) is 11.9 Å². The van der Waals surface area contributed by atoms with Crippen LogP contribution in [0.15, 0.2) is 47.1 Å². The first-order chi connectivity index (χ1) is 13.1. The van der Waals surface area contributed by atoms with Gasteiger partial charge in [0.1, 0.15) is 5.76 Å². The fraction of sp³-hybridized carbons (Fsp3) is 0.429. The van der Waals surface area contributed by atoms with Crippen molar-refractivity contribution in [3.05, 3.63) is 54.0 Å². The zero-order chi connectivity index (χ0) is 19.1. The molecule has 1 fully saturated rings. The minimum absolute atomic E-state index is 0.0693. The second-order valence-electron chi connectivity index (χ2n) is 7.11. The van der Waals surface area contributed by atoms with Crippen LogP contribution in [0.3, 0.4) is 0 Å². The van der Waals surface area contributed by atoms with E-state index in [1.165, 1.54) is 0 Å². The zero-order valence-corrected chi connectivity index (χ0v) is 15.7. The number of hydrogen-bond acceptors (Lipinski definition) is 3. The maximum absolute atomic E-state index is 12.4. The van der Waals surface area contributed by atoms with Gasteiger partial charge in [-0.05, 0) is 49.9 Å². The van der Waals surface area contributed by atoms with Crippen LogP contribution in [0.1, 0.15) is 30.6 Å². The molecule has 27 heavy (non-hydrogen) atoms. The highest BCUT2D eigenvalue weighted by Gasteiger charge is 2.24. The molecular formula is C21H27N3O3. The highest BCUT2D eigenvalue weighted by Crippen LogP contribution is 2.21. The van der Waals surface area contributed by atoms with Crippen molar-refractivity contribution in [1.82, 2.24) is 10.2 Å². The molecule has 1 saturated heterocycles. The van der Waals surface area contributed by atoms with Crippen LogP contribution < -0.4 is 10.6 Å². The Morgan fingerprint density at radius 2 is 1.89 bits per heavy atom. The van der Waals surface area contributed by atoms with Crippen molar-refractivity contribution in [3.63, 3.8) is 0 Å². The number of amides is 3. The lowest BCUT2D eigenvalue weighted by Crippen LogP contribution is -2.42. The van der Waals surface area contributed by atoms with Crippen LogP contribution in [-0.4, -0.2) is 36.5 Å². The first-order valence-electron chi connectivity index (χ1n) is 9.52. The maximum atomic E-state index is 12.4. The molecular weight excluding hydrogens is 342 g/mol. The monoisotopic (exact) mass is 369 g/mol. The molecule has 3 rings (SSSR count). The summed E-state index contributed by atoms with van der Waals surface area (Å²) in [5, 5.41) is 5.88. The van der Waals surface area contributed by atoms with Crippen LogP contribution in [0.25, 0.3) is 0 Å². The number of carbonyl (C=O) groups is 2. The molecule has 1 aliphatic rings. The molecule has 2 heterocycles. The minimum atomic E-state index is -0.0693. The molecule has 2 aromatic rings. The van der Waals surface area contributed by atoms with E-state index in [0.717, 1.165) is 29.9 Å². The molecule has 3 amide bonds. The fourth-order valence-electron chi connectivity index (χ4n) is 3.29. The number of nitrogens with zero attached hydrogens (tertiary/aromatic N) is 1. The van der Waals surface area contributed by atoms with Crippen molar-refractivity contribution < 1.29 is 14.0 Å². The van der Waals surface area contributed by atoms with Gasteiger partial charge in [-0.15, -0.1) is 0 Å². The predicted molar refractivity (Wildman–Crippen MR) is 105 cm³/mol. The number of anilines is 1. The number of piperidine rings is 1. The normalized spacial score (nSPS) is 14.8. The Morgan fingerprint density at radius 3 is 2.56 bits per heavy atom. The Balaban J connectivity index is 1.34. The maximum Gasteiger partial charge on any atom is 0.321 e. The highest BCUT2D eigenvalue weighted by molar-refractivity contribution is 5.89. The number of aryl methyl sites for hydroxylation is 1. The average Bonchev–Trinajstić information content (AvgIpc) is 3.17. The summed E-state index contributed by atoms with van der Waals surface area (Å²) in [5.41, 5.74) is 1.97. The fourth-order valence-corrected chi connectivity index (χ4v) is 3.29. The number of nitrogens with one attached hydrogen (secondary N) is 2. The van der Waals surface area contributed by atoms with E-state index < -0.39 is 0 Å². The van der Waals surface area contributed by atoms with Crippen LogP contribution in [0.5, 0.6) is 0 Å². The standard InChI is InChI=1S/C21H27N3O3/c1-16-4-6-18(7-5-16)23-21(26)24-12-9-17(10-13-24)15-20(25)22-11-8-19-3-2-14-27-19/h2-7,14,17H,8-13,15H2,1H3,(H,22,25)(H,23,26). The Hall–Kier alpha value is -2.76. The Bertz CT molecular complexity index is 733. The molecule has 1 aromatic heterocycles. The number of hydrogen-bond donors (Lipinski definition) is 2. The van der Waals surface area contributed by atoms with Crippen molar-refractivity contribution in [2.45, 2.75) is 32.6 Å². The summed E-state index contributed by atoms with van der Waals surface area (Å²) in [6, 6.07) is 11.5. The summed E-state index contributed by atoms with van der Waals surface area (Å²) in [5.74, 6) is 1.28. The van der Waals surface area contributed by atoms with Gasteiger partial charge in [0.2, 0.25) is 5.91 Å². The molecule has 0 saturated carbocycles. The van der Waals surface area contributed by atoms with Gasteiger partial charge >= 0.3 is 6.03 Å². The lowest BCUT2D eigenvalue weighted by atomic mass is 9.93. The molecule has 6 nitrogen and oxygen atoms in total. The van der Waals surface area contributed by atoms with Gasteiger partial charge in [-0.25, -0.2) is 4.79 Å². The van der Waals surface area contributed by atoms with Crippen LogP contribution in [0.2, 0.25) is 0 Å². The molecule has 0 unspecified atom stereocenters. The Morgan fingerprint density at radius 1 is 1.15 bits per heavy atom. The first-order valence-corrected chi connectivity index (χ1v) is 9.52. The number of likely N-dealkylation sites (tertiary alicyclic amines) is 1. The number of urea groups is 1. The van der Waals surface area contributed by atoms with Gasteiger partial charge in [0.25, 0.3) is 0 Å². The second-order valence-corrected chi connectivity index (χ2v) is 7.11. The number of furan rings is 1. The Labute approximate surface area is 159 Å². The van der Waals surface area contributed by atoms with Gasteiger partial charge in [0, 0.05) is 38.2 Å². The minimum Gasteiger partial charge on any atom is -0.469 e. The van der Waals surface area contributed by atoms with Crippen molar-refractivity contribution in [2.75, 3.05) is 25.0 Å². The lowest BCUT2D eigenvalue weighted by Gasteiger charge is -2.31. The van der Waals surface area contributed by atoms with Gasteiger partial charge < -0.3 is 20.0 Å². The molecule has 144 valence electrons. The van der Waals surface area contributed by atoms with Crippen molar-refractivity contribution >= 4 is 17.6 Å². The van der Waals surface area contributed by atoms with E-state index in [4.69, 9.17) is 4.42 Å². The van der Waals surface area contributed by atoms with Crippen molar-refractivity contribution in [1.29, 1.82) is 0 Å².